The molecule has 0 atom stereocenters. The van der Waals surface area contributed by atoms with Gasteiger partial charge in [0.15, 0.2) is 0 Å². The van der Waals surface area contributed by atoms with Gasteiger partial charge in [0.1, 0.15) is 0 Å². The van der Waals surface area contributed by atoms with Gasteiger partial charge in [-0.15, -0.1) is 0 Å². The SMILES string of the molecule is CC(C)N(C)S(=O)(=O)c1ccc(CNC(=O)/C=C/c2cccc(Cl)c2Cl)cc1. The van der Waals surface area contributed by atoms with Crippen molar-refractivity contribution in [1.29, 1.82) is 0 Å². The molecule has 1 N–H and O–H groups in total. The lowest BCUT2D eigenvalue weighted by Crippen LogP contribution is -2.33. The van der Waals surface area contributed by atoms with Crippen LogP contribution in [0.4, 0.5) is 0 Å². The number of hydrogen-bond acceptors (Lipinski definition) is 3. The van der Waals surface area contributed by atoms with Gasteiger partial charge in [-0.3, -0.25) is 4.79 Å². The standard InChI is InChI=1S/C20H22Cl2N2O3S/c1-14(2)24(3)28(26,27)17-10-7-15(8-11-17)13-23-19(25)12-9-16-5-4-6-18(21)20(16)22/h4-12,14H,13H2,1-3H3,(H,23,25)/b12-9+. The van der Waals surface area contributed by atoms with E-state index < -0.39 is 10.0 Å². The van der Waals surface area contributed by atoms with E-state index in [1.54, 1.807) is 43.5 Å². The summed E-state index contributed by atoms with van der Waals surface area (Å²) >= 11 is 12.0. The van der Waals surface area contributed by atoms with Gasteiger partial charge < -0.3 is 5.32 Å². The summed E-state index contributed by atoms with van der Waals surface area (Å²) in [6.07, 6.45) is 2.95. The van der Waals surface area contributed by atoms with Crippen LogP contribution in [0.15, 0.2) is 53.4 Å². The van der Waals surface area contributed by atoms with E-state index in [0.29, 0.717) is 15.6 Å². The van der Waals surface area contributed by atoms with Gasteiger partial charge in [0.05, 0.1) is 14.9 Å². The molecule has 2 aromatic rings. The van der Waals surface area contributed by atoms with E-state index in [1.165, 1.54) is 22.5 Å². The van der Waals surface area contributed by atoms with Gasteiger partial charge in [-0.05, 0) is 49.2 Å². The molecule has 0 unspecified atom stereocenters. The molecule has 0 heterocycles. The minimum atomic E-state index is -3.52. The highest BCUT2D eigenvalue weighted by Crippen LogP contribution is 2.26. The zero-order valence-corrected chi connectivity index (χ0v) is 18.1. The summed E-state index contributed by atoms with van der Waals surface area (Å²) in [5, 5.41) is 3.55. The molecular formula is C20H22Cl2N2O3S. The largest absolute Gasteiger partial charge is 0.348 e. The Bertz CT molecular complexity index is 971. The van der Waals surface area contributed by atoms with E-state index in [-0.39, 0.29) is 23.4 Å². The average Bonchev–Trinajstić information content (AvgIpc) is 2.67. The van der Waals surface area contributed by atoms with Gasteiger partial charge in [-0.1, -0.05) is 47.5 Å². The number of carbonyl (C=O) groups excluding carboxylic acids is 1. The number of hydrogen-bond donors (Lipinski definition) is 1. The highest BCUT2D eigenvalue weighted by Gasteiger charge is 2.22. The predicted octanol–water partition coefficient (Wildman–Crippen LogP) is 4.35. The molecule has 0 spiro atoms. The maximum atomic E-state index is 12.4. The van der Waals surface area contributed by atoms with Gasteiger partial charge in [-0.25, -0.2) is 8.42 Å². The van der Waals surface area contributed by atoms with Gasteiger partial charge >= 0.3 is 0 Å². The van der Waals surface area contributed by atoms with Crippen LogP contribution in [0.1, 0.15) is 25.0 Å². The molecule has 8 heteroatoms. The molecule has 0 bridgehead atoms. The van der Waals surface area contributed by atoms with E-state index in [2.05, 4.69) is 5.32 Å². The number of amides is 1. The lowest BCUT2D eigenvalue weighted by atomic mass is 10.2. The topological polar surface area (TPSA) is 66.5 Å². The summed E-state index contributed by atoms with van der Waals surface area (Å²) in [7, 11) is -1.97. The minimum absolute atomic E-state index is 0.135. The highest BCUT2D eigenvalue weighted by atomic mass is 35.5. The Labute approximate surface area is 176 Å². The molecule has 0 saturated carbocycles. The van der Waals surface area contributed by atoms with Crippen LogP contribution in [0.3, 0.4) is 0 Å². The van der Waals surface area contributed by atoms with Crippen LogP contribution in [0.2, 0.25) is 10.0 Å². The summed E-state index contributed by atoms with van der Waals surface area (Å²) in [6.45, 7) is 3.89. The molecule has 0 aliphatic rings. The summed E-state index contributed by atoms with van der Waals surface area (Å²) in [5.41, 5.74) is 1.43. The molecule has 0 radical (unpaired) electrons. The van der Waals surface area contributed by atoms with Crippen molar-refractivity contribution < 1.29 is 13.2 Å². The Morgan fingerprint density at radius 2 is 1.79 bits per heavy atom. The minimum Gasteiger partial charge on any atom is -0.348 e. The number of nitrogens with one attached hydrogen (secondary N) is 1. The number of benzene rings is 2. The quantitative estimate of drug-likeness (QED) is 0.650. The van der Waals surface area contributed by atoms with Crippen molar-refractivity contribution in [3.05, 3.63) is 69.7 Å². The molecule has 28 heavy (non-hydrogen) atoms. The van der Waals surface area contributed by atoms with Gasteiger partial charge in [0.25, 0.3) is 0 Å². The number of sulfonamides is 1. The molecule has 0 aliphatic heterocycles. The van der Waals surface area contributed by atoms with Crippen molar-refractivity contribution in [2.45, 2.75) is 31.3 Å². The summed E-state index contributed by atoms with van der Waals surface area (Å²) < 4.78 is 26.2. The van der Waals surface area contributed by atoms with E-state index in [4.69, 9.17) is 23.2 Å². The first-order valence-corrected chi connectivity index (χ1v) is 10.8. The molecule has 1 amide bonds. The fraction of sp³-hybridized carbons (Fsp3) is 0.250. The lowest BCUT2D eigenvalue weighted by molar-refractivity contribution is -0.116. The molecule has 2 aromatic carbocycles. The van der Waals surface area contributed by atoms with Crippen molar-refractivity contribution in [2.24, 2.45) is 0 Å². The number of halogens is 2. The van der Waals surface area contributed by atoms with E-state index in [9.17, 15) is 13.2 Å². The molecular weight excluding hydrogens is 419 g/mol. The van der Waals surface area contributed by atoms with Crippen LogP contribution < -0.4 is 5.32 Å². The average molecular weight is 441 g/mol. The third-order valence-electron chi connectivity index (χ3n) is 4.19. The first-order chi connectivity index (χ1) is 13.1. The van der Waals surface area contributed by atoms with Crippen molar-refractivity contribution in [2.75, 3.05) is 7.05 Å². The second kappa shape index (κ2) is 9.56. The van der Waals surface area contributed by atoms with Crippen LogP contribution in [0.25, 0.3) is 6.08 Å². The van der Waals surface area contributed by atoms with Crippen LogP contribution >= 0.6 is 23.2 Å². The Morgan fingerprint density at radius 1 is 1.14 bits per heavy atom. The highest BCUT2D eigenvalue weighted by molar-refractivity contribution is 7.89. The molecule has 0 aliphatic carbocycles. The van der Waals surface area contributed by atoms with E-state index in [0.717, 1.165) is 5.56 Å². The van der Waals surface area contributed by atoms with Crippen LogP contribution in [-0.4, -0.2) is 31.7 Å². The first kappa shape index (κ1) is 22.4. The maximum Gasteiger partial charge on any atom is 0.244 e. The van der Waals surface area contributed by atoms with Crippen molar-refractivity contribution in [3.8, 4) is 0 Å². The molecule has 0 saturated heterocycles. The third kappa shape index (κ3) is 5.58. The summed E-state index contributed by atoms with van der Waals surface area (Å²) in [4.78, 5) is 12.2. The lowest BCUT2D eigenvalue weighted by Gasteiger charge is -2.21. The molecule has 2 rings (SSSR count). The predicted molar refractivity (Wildman–Crippen MR) is 114 cm³/mol. The van der Waals surface area contributed by atoms with Gasteiger partial charge in [0.2, 0.25) is 15.9 Å². The molecule has 0 fully saturated rings. The fourth-order valence-corrected chi connectivity index (χ4v) is 4.02. The Balaban J connectivity index is 1.99. The second-order valence-corrected chi connectivity index (χ2v) is 9.24. The fourth-order valence-electron chi connectivity index (χ4n) is 2.29. The molecule has 5 nitrogen and oxygen atoms in total. The maximum absolute atomic E-state index is 12.4. The van der Waals surface area contributed by atoms with Crippen molar-refractivity contribution in [3.63, 3.8) is 0 Å². The molecule has 0 aromatic heterocycles. The summed E-state index contributed by atoms with van der Waals surface area (Å²) in [6, 6.07) is 11.5. The Morgan fingerprint density at radius 3 is 2.39 bits per heavy atom. The van der Waals surface area contributed by atoms with Gasteiger partial charge in [0, 0.05) is 25.7 Å². The Kier molecular flexibility index (Phi) is 7.66. The zero-order chi connectivity index (χ0) is 20.9. The van der Waals surface area contributed by atoms with Crippen molar-refractivity contribution >= 4 is 45.2 Å². The van der Waals surface area contributed by atoms with Crippen LogP contribution in [-0.2, 0) is 21.4 Å². The van der Waals surface area contributed by atoms with Crippen molar-refractivity contribution in [1.82, 2.24) is 9.62 Å². The molecule has 150 valence electrons. The number of nitrogens with zero attached hydrogens (tertiary/aromatic N) is 1. The second-order valence-electron chi connectivity index (χ2n) is 6.45. The third-order valence-corrected chi connectivity index (χ3v) is 7.07. The van der Waals surface area contributed by atoms with E-state index >= 15 is 0 Å². The Hall–Kier alpha value is -1.86. The number of carbonyl (C=O) groups is 1. The monoisotopic (exact) mass is 440 g/mol. The number of rotatable bonds is 7. The first-order valence-electron chi connectivity index (χ1n) is 8.60. The van der Waals surface area contributed by atoms with Crippen LogP contribution in [0, 0.1) is 0 Å². The summed E-state index contributed by atoms with van der Waals surface area (Å²) in [5.74, 6) is -0.299. The van der Waals surface area contributed by atoms with Crippen LogP contribution in [0.5, 0.6) is 0 Å². The van der Waals surface area contributed by atoms with E-state index in [1.807, 2.05) is 13.8 Å². The smallest absolute Gasteiger partial charge is 0.244 e. The normalized spacial score (nSPS) is 12.1. The van der Waals surface area contributed by atoms with Gasteiger partial charge in [-0.2, -0.15) is 4.31 Å². The zero-order valence-electron chi connectivity index (χ0n) is 15.8.